The third-order valence-electron chi connectivity index (χ3n) is 11.1. The van der Waals surface area contributed by atoms with Crippen LogP contribution in [0.2, 0.25) is 0 Å². The normalized spacial score (nSPS) is 31.6. The molecule has 0 amide bonds. The second-order valence-corrected chi connectivity index (χ2v) is 13.6. The molecule has 3 fully saturated rings. The van der Waals surface area contributed by atoms with Crippen LogP contribution in [0, 0.1) is 5.92 Å². The van der Waals surface area contributed by atoms with E-state index in [-0.39, 0.29) is 24.2 Å². The van der Waals surface area contributed by atoms with Gasteiger partial charge in [-0.1, -0.05) is 49.2 Å². The molecule has 7 rings (SSSR count). The number of carbonyl (C=O) groups is 1. The van der Waals surface area contributed by atoms with Gasteiger partial charge >= 0.3 is 5.97 Å². The molecule has 5 atom stereocenters. The van der Waals surface area contributed by atoms with Gasteiger partial charge in [0.1, 0.15) is 6.10 Å². The van der Waals surface area contributed by atoms with Crippen LogP contribution in [-0.2, 0) is 23.1 Å². The minimum atomic E-state index is -0.827. The Morgan fingerprint density at radius 1 is 1.07 bits per heavy atom. The Hall–Kier alpha value is -2.41. The van der Waals surface area contributed by atoms with Gasteiger partial charge in [-0.25, -0.2) is 0 Å². The van der Waals surface area contributed by atoms with E-state index in [2.05, 4.69) is 53.2 Å². The van der Waals surface area contributed by atoms with Gasteiger partial charge in [-0.3, -0.25) is 14.6 Å². The number of carbonyl (C=O) groups excluding carboxylic acids is 1. The predicted octanol–water partition coefficient (Wildman–Crippen LogP) is 5.28. The van der Waals surface area contributed by atoms with E-state index in [1.807, 2.05) is 6.07 Å². The number of nitrogens with zero attached hydrogens (tertiary/aromatic N) is 2. The van der Waals surface area contributed by atoms with Crippen LogP contribution < -0.4 is 9.47 Å². The van der Waals surface area contributed by atoms with Gasteiger partial charge in [0, 0.05) is 31.1 Å². The summed E-state index contributed by atoms with van der Waals surface area (Å²) in [4.78, 5) is 17.1. The van der Waals surface area contributed by atoms with E-state index >= 15 is 0 Å². The summed E-state index contributed by atoms with van der Waals surface area (Å²) in [6.07, 6.45) is 12.0. The topological polar surface area (TPSA) is 62.2 Å². The molecule has 5 aliphatic rings. The van der Waals surface area contributed by atoms with Crippen molar-refractivity contribution in [2.75, 3.05) is 26.7 Å². The van der Waals surface area contributed by atoms with Crippen molar-refractivity contribution in [3.05, 3.63) is 59.2 Å². The Labute approximate surface area is 245 Å². The van der Waals surface area contributed by atoms with Gasteiger partial charge in [-0.2, -0.15) is 0 Å². The molecule has 1 N–H and O–H groups in total. The van der Waals surface area contributed by atoms with Crippen molar-refractivity contribution in [1.29, 1.82) is 0 Å². The maximum atomic E-state index is 12.8. The van der Waals surface area contributed by atoms with E-state index in [1.165, 1.54) is 56.6 Å². The van der Waals surface area contributed by atoms with Crippen LogP contribution in [0.25, 0.3) is 0 Å². The van der Waals surface area contributed by atoms with Crippen LogP contribution in [0.15, 0.2) is 42.5 Å². The number of aliphatic hydroxyl groups is 1. The lowest BCUT2D eigenvalue weighted by Crippen LogP contribution is -2.78. The number of ether oxygens (including phenoxy) is 2. The number of esters is 1. The van der Waals surface area contributed by atoms with Crippen LogP contribution in [0.1, 0.15) is 81.4 Å². The molecule has 1 spiro atoms. The number of likely N-dealkylation sites (N-methyl/N-ethyl adjacent to an activating group) is 1. The second kappa shape index (κ2) is 10.7. The summed E-state index contributed by atoms with van der Waals surface area (Å²) >= 11 is 0. The van der Waals surface area contributed by atoms with Crippen LogP contribution >= 0.6 is 0 Å². The van der Waals surface area contributed by atoms with E-state index in [9.17, 15) is 9.90 Å². The summed E-state index contributed by atoms with van der Waals surface area (Å²) in [6.45, 7) is 4.58. The molecule has 1 saturated heterocycles. The minimum absolute atomic E-state index is 0.122. The van der Waals surface area contributed by atoms with E-state index in [0.717, 1.165) is 69.0 Å². The van der Waals surface area contributed by atoms with Crippen molar-refractivity contribution < 1.29 is 19.4 Å². The first kappa shape index (κ1) is 27.4. The first-order chi connectivity index (χ1) is 19.9. The first-order valence-electron chi connectivity index (χ1n) is 16.1. The standard InChI is InChI=1S/C35H46N2O4/c1-24(38)40-29-16-15-27-22-30-35(39)18-17-28(36(2)20-9-4-3-6-10-25-11-7-5-8-12-25)33-34(35,31(27)32(29)41-33)19-21-37(30)23-26-13-14-26/h5,7-8,11-12,15-16,26,28,30,33,39H,3-4,6,9-10,13-14,17-23H2,1-2H3/t28-,30-,33+,34+,35-/m1/s1. The third-order valence-corrected chi connectivity index (χ3v) is 11.1. The van der Waals surface area contributed by atoms with Crippen LogP contribution in [0.3, 0.4) is 0 Å². The Bertz CT molecular complexity index is 1280. The summed E-state index contributed by atoms with van der Waals surface area (Å²) in [5, 5.41) is 12.8. The van der Waals surface area contributed by atoms with Gasteiger partial charge in [0.15, 0.2) is 11.5 Å². The Morgan fingerprint density at radius 3 is 2.66 bits per heavy atom. The molecule has 2 aromatic rings. The van der Waals surface area contributed by atoms with Crippen molar-refractivity contribution in [1.82, 2.24) is 9.80 Å². The molecule has 2 aliphatic heterocycles. The van der Waals surface area contributed by atoms with E-state index in [1.54, 1.807) is 0 Å². The maximum Gasteiger partial charge on any atom is 0.308 e. The van der Waals surface area contributed by atoms with Crippen molar-refractivity contribution in [3.63, 3.8) is 0 Å². The van der Waals surface area contributed by atoms with Crippen molar-refractivity contribution in [2.45, 2.75) is 107 Å². The zero-order valence-electron chi connectivity index (χ0n) is 24.8. The van der Waals surface area contributed by atoms with Crippen LogP contribution in [0.5, 0.6) is 11.5 Å². The third kappa shape index (κ3) is 4.61. The smallest absolute Gasteiger partial charge is 0.308 e. The van der Waals surface area contributed by atoms with Gasteiger partial charge in [0.25, 0.3) is 0 Å². The van der Waals surface area contributed by atoms with Crippen LogP contribution in [0.4, 0.5) is 0 Å². The van der Waals surface area contributed by atoms with Gasteiger partial charge in [-0.15, -0.1) is 0 Å². The lowest BCUT2D eigenvalue weighted by atomic mass is 9.48. The highest BCUT2D eigenvalue weighted by molar-refractivity contribution is 5.72. The molecule has 3 aliphatic carbocycles. The molecule has 2 bridgehead atoms. The quantitative estimate of drug-likeness (QED) is 0.230. The Morgan fingerprint density at radius 2 is 1.88 bits per heavy atom. The number of benzene rings is 2. The van der Waals surface area contributed by atoms with Gasteiger partial charge < -0.3 is 14.6 Å². The minimum Gasteiger partial charge on any atom is -0.483 e. The van der Waals surface area contributed by atoms with Crippen molar-refractivity contribution in [2.24, 2.45) is 5.92 Å². The van der Waals surface area contributed by atoms with Gasteiger partial charge in [0.05, 0.1) is 11.0 Å². The van der Waals surface area contributed by atoms with Crippen molar-refractivity contribution in [3.8, 4) is 11.5 Å². The number of rotatable bonds is 11. The summed E-state index contributed by atoms with van der Waals surface area (Å²) in [5.74, 6) is 1.69. The predicted molar refractivity (Wildman–Crippen MR) is 159 cm³/mol. The zero-order valence-corrected chi connectivity index (χ0v) is 24.8. The molecule has 0 aromatic heterocycles. The average molecular weight is 559 g/mol. The van der Waals surface area contributed by atoms with Crippen molar-refractivity contribution >= 4 is 5.97 Å². The molecular weight excluding hydrogens is 512 g/mol. The molecule has 41 heavy (non-hydrogen) atoms. The largest absolute Gasteiger partial charge is 0.483 e. The first-order valence-corrected chi connectivity index (χ1v) is 16.1. The molecule has 6 heteroatoms. The molecule has 0 unspecified atom stereocenters. The maximum absolute atomic E-state index is 12.8. The lowest BCUT2D eigenvalue weighted by molar-refractivity contribution is -0.199. The molecule has 220 valence electrons. The molecule has 0 radical (unpaired) electrons. The highest BCUT2D eigenvalue weighted by Crippen LogP contribution is 2.66. The van der Waals surface area contributed by atoms with Crippen LogP contribution in [-0.4, -0.2) is 71.3 Å². The Kier molecular flexibility index (Phi) is 7.16. The Balaban J connectivity index is 1.11. The highest BCUT2D eigenvalue weighted by atomic mass is 16.6. The number of piperidine rings is 1. The summed E-state index contributed by atoms with van der Waals surface area (Å²) in [7, 11) is 2.25. The zero-order chi connectivity index (χ0) is 28.2. The molecule has 6 nitrogen and oxygen atoms in total. The molecule has 2 heterocycles. The highest BCUT2D eigenvalue weighted by Gasteiger charge is 2.73. The fourth-order valence-corrected chi connectivity index (χ4v) is 8.99. The monoisotopic (exact) mass is 558 g/mol. The van der Waals surface area contributed by atoms with Gasteiger partial charge in [-0.05, 0) is 101 Å². The molecule has 2 aromatic carbocycles. The lowest BCUT2D eigenvalue weighted by Gasteiger charge is -2.64. The molecule has 2 saturated carbocycles. The number of unbranched alkanes of at least 4 members (excludes halogenated alkanes) is 3. The molecular formula is C35H46N2O4. The SMILES string of the molecule is CC(=O)Oc1ccc2c3c1O[C@H]1[C@H](N(C)CCCCCCc4ccccc4)CC[C@@]4(O)[C@@H](C2)N(CC2CC2)CC[C@]314. The number of likely N-dealkylation sites (tertiary alicyclic amines) is 1. The average Bonchev–Trinajstić information content (AvgIpc) is 3.70. The van der Waals surface area contributed by atoms with E-state index < -0.39 is 11.0 Å². The second-order valence-electron chi connectivity index (χ2n) is 13.6. The number of hydrogen-bond donors (Lipinski definition) is 1. The summed E-state index contributed by atoms with van der Waals surface area (Å²) in [5.41, 5.74) is 2.56. The van der Waals surface area contributed by atoms with E-state index in [0.29, 0.717) is 5.75 Å². The van der Waals surface area contributed by atoms with E-state index in [4.69, 9.17) is 9.47 Å². The fraction of sp³-hybridized carbons (Fsp3) is 0.629. The number of hydrogen-bond acceptors (Lipinski definition) is 6. The summed E-state index contributed by atoms with van der Waals surface area (Å²) in [6, 6.07) is 15.2. The fourth-order valence-electron chi connectivity index (χ4n) is 8.99. The van der Waals surface area contributed by atoms with Gasteiger partial charge in [0.2, 0.25) is 0 Å². The number of aryl methyl sites for hydroxylation is 1. The summed E-state index contributed by atoms with van der Waals surface area (Å²) < 4.78 is 12.6.